The Bertz CT molecular complexity index is 672. The number of benzene rings is 1. The molecule has 1 aromatic carbocycles. The number of ether oxygens (including phenoxy) is 1. The lowest BCUT2D eigenvalue weighted by Gasteiger charge is -2.14. The first-order chi connectivity index (χ1) is 11.9. The lowest BCUT2D eigenvalue weighted by Crippen LogP contribution is -2.12. The average Bonchev–Trinajstić information content (AvgIpc) is 2.58. The number of rotatable bonds is 8. The minimum Gasteiger partial charge on any atom is -0.477 e. The van der Waals surface area contributed by atoms with Gasteiger partial charge in [0.05, 0.1) is 6.61 Å². The van der Waals surface area contributed by atoms with Crippen molar-refractivity contribution in [3.05, 3.63) is 41.6 Å². The monoisotopic (exact) mass is 353 g/mol. The summed E-state index contributed by atoms with van der Waals surface area (Å²) in [6, 6.07) is 7.68. The van der Waals surface area contributed by atoms with Crippen LogP contribution in [0.2, 0.25) is 0 Å². The fraction of sp³-hybridized carbons (Fsp3) is 0.444. The maximum absolute atomic E-state index is 13.0. The summed E-state index contributed by atoms with van der Waals surface area (Å²) in [6.07, 6.45) is 0.0250. The maximum Gasteiger partial charge on any atom is 0.423 e. The van der Waals surface area contributed by atoms with E-state index in [0.717, 1.165) is 25.5 Å². The number of nitrogens with zero attached hydrogens (tertiary/aromatic N) is 2. The lowest BCUT2D eigenvalue weighted by molar-refractivity contribution is -0.139. The summed E-state index contributed by atoms with van der Waals surface area (Å²) in [4.78, 5) is 7.64. The number of alkyl halides is 3. The van der Waals surface area contributed by atoms with Crippen LogP contribution in [0, 0.1) is 0 Å². The van der Waals surface area contributed by atoms with Gasteiger partial charge in [-0.25, -0.2) is 4.98 Å². The topological polar surface area (TPSA) is 47.0 Å². The van der Waals surface area contributed by atoms with E-state index in [2.05, 4.69) is 22.2 Å². The van der Waals surface area contributed by atoms with E-state index < -0.39 is 17.6 Å². The van der Waals surface area contributed by atoms with Crippen molar-refractivity contribution in [2.24, 2.45) is 0 Å². The van der Waals surface area contributed by atoms with Crippen LogP contribution in [0.15, 0.2) is 30.5 Å². The second kappa shape index (κ2) is 8.69. The van der Waals surface area contributed by atoms with Gasteiger partial charge in [-0.2, -0.15) is 18.2 Å². The van der Waals surface area contributed by atoms with Gasteiger partial charge in [0.15, 0.2) is 0 Å². The first-order valence-corrected chi connectivity index (χ1v) is 8.37. The highest BCUT2D eigenvalue weighted by molar-refractivity contribution is 5.54. The molecular weight excluding hydrogens is 331 g/mol. The molecule has 0 amide bonds. The van der Waals surface area contributed by atoms with E-state index in [1.807, 2.05) is 31.2 Å². The van der Waals surface area contributed by atoms with Gasteiger partial charge >= 0.3 is 6.18 Å². The molecule has 0 aliphatic heterocycles. The first-order valence-electron chi connectivity index (χ1n) is 8.37. The molecule has 0 saturated heterocycles. The van der Waals surface area contributed by atoms with Crippen LogP contribution in [0.1, 0.15) is 44.2 Å². The molecule has 4 nitrogen and oxygen atoms in total. The smallest absolute Gasteiger partial charge is 0.423 e. The summed E-state index contributed by atoms with van der Waals surface area (Å²) in [5.41, 5.74) is 0.954. The van der Waals surface area contributed by atoms with Crippen LogP contribution in [0.25, 0.3) is 0 Å². The van der Waals surface area contributed by atoms with Crippen LogP contribution in [-0.4, -0.2) is 16.6 Å². The molecule has 1 aromatic heterocycles. The Balaban J connectivity index is 2.16. The van der Waals surface area contributed by atoms with Gasteiger partial charge in [-0.3, -0.25) is 0 Å². The van der Waals surface area contributed by atoms with Crippen molar-refractivity contribution in [2.45, 2.75) is 45.7 Å². The lowest BCUT2D eigenvalue weighted by atomic mass is 10.1. The second-order valence-corrected chi connectivity index (χ2v) is 5.68. The molecule has 0 saturated carbocycles. The van der Waals surface area contributed by atoms with Crippen LogP contribution in [-0.2, 0) is 12.6 Å². The van der Waals surface area contributed by atoms with E-state index in [1.54, 1.807) is 0 Å². The van der Waals surface area contributed by atoms with E-state index in [-0.39, 0.29) is 12.6 Å². The van der Waals surface area contributed by atoms with E-state index in [9.17, 15) is 13.2 Å². The maximum atomic E-state index is 13.0. The van der Waals surface area contributed by atoms with Gasteiger partial charge in [0.2, 0.25) is 11.8 Å². The second-order valence-electron chi connectivity index (χ2n) is 5.68. The summed E-state index contributed by atoms with van der Waals surface area (Å²) < 4.78 is 44.1. The number of nitrogens with one attached hydrogen (secondary N) is 1. The Morgan fingerprint density at radius 2 is 1.80 bits per heavy atom. The number of halogens is 3. The molecule has 1 heterocycles. The van der Waals surface area contributed by atoms with Gasteiger partial charge in [-0.1, -0.05) is 32.4 Å². The average molecular weight is 353 g/mol. The summed E-state index contributed by atoms with van der Waals surface area (Å²) >= 11 is 0. The van der Waals surface area contributed by atoms with Crippen molar-refractivity contribution in [3.8, 4) is 5.88 Å². The highest BCUT2D eigenvalue weighted by atomic mass is 19.4. The van der Waals surface area contributed by atoms with E-state index >= 15 is 0 Å². The molecule has 136 valence electrons. The zero-order valence-corrected chi connectivity index (χ0v) is 14.4. The number of anilines is 2. The van der Waals surface area contributed by atoms with Gasteiger partial charge in [0, 0.05) is 11.9 Å². The van der Waals surface area contributed by atoms with Crippen LogP contribution in [0.3, 0.4) is 0 Å². The molecule has 0 radical (unpaired) electrons. The molecule has 0 spiro atoms. The van der Waals surface area contributed by atoms with E-state index in [0.29, 0.717) is 12.1 Å². The molecule has 7 heteroatoms. The molecule has 0 bridgehead atoms. The Morgan fingerprint density at radius 3 is 2.40 bits per heavy atom. The van der Waals surface area contributed by atoms with Gasteiger partial charge in [-0.15, -0.1) is 0 Å². The number of hydrogen-bond donors (Lipinski definition) is 1. The Hall–Kier alpha value is -2.31. The number of unbranched alkanes of at least 4 members (excludes halogenated alkanes) is 1. The zero-order valence-electron chi connectivity index (χ0n) is 14.4. The molecular formula is C18H22F3N3O. The molecule has 2 rings (SSSR count). The third kappa shape index (κ3) is 5.62. The van der Waals surface area contributed by atoms with Crippen LogP contribution >= 0.6 is 0 Å². The minimum absolute atomic E-state index is 0.0698. The zero-order chi connectivity index (χ0) is 18.3. The van der Waals surface area contributed by atoms with Gasteiger partial charge < -0.3 is 10.1 Å². The largest absolute Gasteiger partial charge is 0.477 e. The quantitative estimate of drug-likeness (QED) is 0.693. The van der Waals surface area contributed by atoms with Crippen LogP contribution in [0.5, 0.6) is 5.88 Å². The summed E-state index contributed by atoms with van der Waals surface area (Å²) in [7, 11) is 0. The highest BCUT2D eigenvalue weighted by Gasteiger charge is 2.36. The fourth-order valence-electron chi connectivity index (χ4n) is 2.19. The SMILES string of the molecule is CCCCc1ccc(Nc2ncc(C(F)(F)F)c(OCCC)n2)cc1. The van der Waals surface area contributed by atoms with Crippen molar-refractivity contribution < 1.29 is 17.9 Å². The predicted octanol–water partition coefficient (Wildman–Crippen LogP) is 5.37. The van der Waals surface area contributed by atoms with Gasteiger partial charge in [0.1, 0.15) is 5.56 Å². The number of aromatic nitrogens is 2. The predicted molar refractivity (Wildman–Crippen MR) is 91.2 cm³/mol. The third-order valence-corrected chi connectivity index (χ3v) is 3.53. The molecule has 0 fully saturated rings. The molecule has 0 aliphatic rings. The molecule has 25 heavy (non-hydrogen) atoms. The van der Waals surface area contributed by atoms with E-state index in [1.165, 1.54) is 5.56 Å². The molecule has 0 unspecified atom stereocenters. The Labute approximate surface area is 145 Å². The van der Waals surface area contributed by atoms with Crippen LogP contribution in [0.4, 0.5) is 24.8 Å². The van der Waals surface area contributed by atoms with Crippen molar-refractivity contribution in [3.63, 3.8) is 0 Å². The van der Waals surface area contributed by atoms with Gasteiger partial charge in [-0.05, 0) is 37.0 Å². The standard InChI is InChI=1S/C18H22F3N3O/c1-3-5-6-13-7-9-14(10-8-13)23-17-22-12-15(18(19,20)21)16(24-17)25-11-4-2/h7-10,12H,3-6,11H2,1-2H3,(H,22,23,24). The third-order valence-electron chi connectivity index (χ3n) is 3.53. The Morgan fingerprint density at radius 1 is 1.08 bits per heavy atom. The summed E-state index contributed by atoms with van der Waals surface area (Å²) in [5.74, 6) is -0.383. The Kier molecular flexibility index (Phi) is 6.61. The van der Waals surface area contributed by atoms with E-state index in [4.69, 9.17) is 4.74 Å². The van der Waals surface area contributed by atoms with Gasteiger partial charge in [0.25, 0.3) is 0 Å². The van der Waals surface area contributed by atoms with Crippen molar-refractivity contribution in [2.75, 3.05) is 11.9 Å². The number of aryl methyl sites for hydroxylation is 1. The summed E-state index contributed by atoms with van der Waals surface area (Å²) in [6.45, 7) is 4.11. The normalized spacial score (nSPS) is 11.4. The fourth-order valence-corrected chi connectivity index (χ4v) is 2.19. The van der Waals surface area contributed by atoms with Crippen molar-refractivity contribution >= 4 is 11.6 Å². The minimum atomic E-state index is -4.55. The highest BCUT2D eigenvalue weighted by Crippen LogP contribution is 2.35. The first kappa shape index (κ1) is 19.0. The molecule has 1 N–H and O–H groups in total. The molecule has 2 aromatic rings. The van der Waals surface area contributed by atoms with Crippen molar-refractivity contribution in [1.29, 1.82) is 0 Å². The van der Waals surface area contributed by atoms with Crippen LogP contribution < -0.4 is 10.1 Å². The summed E-state index contributed by atoms with van der Waals surface area (Å²) in [5, 5.41) is 2.91. The molecule has 0 aliphatic carbocycles. The van der Waals surface area contributed by atoms with Crippen molar-refractivity contribution in [1.82, 2.24) is 9.97 Å². The molecule has 0 atom stereocenters. The number of hydrogen-bond acceptors (Lipinski definition) is 4.